The first-order chi connectivity index (χ1) is 15.1. The molecule has 0 bridgehead atoms. The zero-order valence-corrected chi connectivity index (χ0v) is 17.2. The third kappa shape index (κ3) is 4.24. The Morgan fingerprint density at radius 1 is 1.16 bits per heavy atom. The molecule has 31 heavy (non-hydrogen) atoms. The number of carbonyl (C=O) groups is 1. The first-order valence-corrected chi connectivity index (χ1v) is 9.73. The molecule has 10 nitrogen and oxygen atoms in total. The van der Waals surface area contributed by atoms with Crippen molar-refractivity contribution in [1.82, 2.24) is 30.2 Å². The van der Waals surface area contributed by atoms with Gasteiger partial charge in [-0.25, -0.2) is 4.98 Å². The number of carbonyl (C=O) groups excluding carboxylic acids is 1. The number of ether oxygens (including phenoxy) is 2. The third-order valence-electron chi connectivity index (χ3n) is 4.97. The highest BCUT2D eigenvalue weighted by Crippen LogP contribution is 2.22. The van der Waals surface area contributed by atoms with Crippen molar-refractivity contribution in [3.05, 3.63) is 64.5 Å². The van der Waals surface area contributed by atoms with Crippen LogP contribution >= 0.6 is 0 Å². The van der Waals surface area contributed by atoms with Crippen LogP contribution in [0.3, 0.4) is 0 Å². The maximum atomic E-state index is 13.0. The summed E-state index contributed by atoms with van der Waals surface area (Å²) in [5.41, 5.74) is 1.39. The van der Waals surface area contributed by atoms with E-state index < -0.39 is 11.9 Å². The number of aromatic nitrogens is 4. The van der Waals surface area contributed by atoms with Crippen LogP contribution < -0.4 is 25.7 Å². The molecule has 160 valence electrons. The van der Waals surface area contributed by atoms with Gasteiger partial charge in [-0.15, -0.1) is 0 Å². The molecule has 1 amide bonds. The minimum Gasteiger partial charge on any atom is -0.481 e. The number of nitrogens with zero attached hydrogens (tertiary/aromatic N) is 4. The maximum Gasteiger partial charge on any atom is 0.257 e. The average Bonchev–Trinajstić information content (AvgIpc) is 3.01. The largest absolute Gasteiger partial charge is 0.481 e. The number of nitrogens with one attached hydrogen (secondary N) is 2. The van der Waals surface area contributed by atoms with Crippen LogP contribution in [-0.4, -0.2) is 52.7 Å². The number of methoxy groups -OCH3 is 2. The molecule has 3 aromatic rings. The van der Waals surface area contributed by atoms with E-state index in [2.05, 4.69) is 20.6 Å². The second-order valence-electron chi connectivity index (χ2n) is 6.87. The molecule has 1 aliphatic heterocycles. The van der Waals surface area contributed by atoms with Gasteiger partial charge in [0.05, 0.1) is 26.0 Å². The Kier molecular flexibility index (Phi) is 5.89. The van der Waals surface area contributed by atoms with E-state index >= 15 is 0 Å². The van der Waals surface area contributed by atoms with Crippen LogP contribution in [0.1, 0.15) is 22.2 Å². The predicted molar refractivity (Wildman–Crippen MR) is 112 cm³/mol. The number of hydrogen-bond donors (Lipinski definition) is 2. The van der Waals surface area contributed by atoms with E-state index in [1.807, 2.05) is 0 Å². The molecule has 2 N–H and O–H groups in total. The molecule has 0 spiro atoms. The van der Waals surface area contributed by atoms with Crippen molar-refractivity contribution in [2.24, 2.45) is 0 Å². The summed E-state index contributed by atoms with van der Waals surface area (Å²) < 4.78 is 11.9. The Balaban J connectivity index is 1.70. The average molecular weight is 422 g/mol. The smallest absolute Gasteiger partial charge is 0.257 e. The molecule has 0 fully saturated rings. The lowest BCUT2D eigenvalue weighted by Crippen LogP contribution is -2.37. The van der Waals surface area contributed by atoms with Crippen LogP contribution in [0, 0.1) is 0 Å². The normalized spacial score (nSPS) is 15.5. The summed E-state index contributed by atoms with van der Waals surface area (Å²) >= 11 is 0. The van der Waals surface area contributed by atoms with Crippen LogP contribution in [0.15, 0.2) is 47.5 Å². The Morgan fingerprint density at radius 3 is 2.71 bits per heavy atom. The highest BCUT2D eigenvalue weighted by Gasteiger charge is 2.26. The number of pyridine rings is 2. The molecule has 4 heterocycles. The SMILES string of the molecule is COc1ccc(C(=O)NC2CNCCn3c2nc(-c2ccncc2)cc3=O)c(OC)n1. The van der Waals surface area contributed by atoms with Crippen LogP contribution in [0.5, 0.6) is 11.8 Å². The lowest BCUT2D eigenvalue weighted by Gasteiger charge is -2.20. The topological polar surface area (TPSA) is 120 Å². The molecule has 3 aromatic heterocycles. The first-order valence-electron chi connectivity index (χ1n) is 9.73. The predicted octanol–water partition coefficient (Wildman–Crippen LogP) is 0.792. The fraction of sp³-hybridized carbons (Fsp3) is 0.286. The molecule has 10 heteroatoms. The number of amides is 1. The van der Waals surface area contributed by atoms with Gasteiger partial charge in [0.1, 0.15) is 11.4 Å². The van der Waals surface area contributed by atoms with Gasteiger partial charge in [0, 0.05) is 49.7 Å². The first kappa shape index (κ1) is 20.5. The van der Waals surface area contributed by atoms with E-state index in [9.17, 15) is 9.59 Å². The van der Waals surface area contributed by atoms with Crippen LogP contribution in [0.25, 0.3) is 11.3 Å². The van der Waals surface area contributed by atoms with Gasteiger partial charge in [0.15, 0.2) is 0 Å². The van der Waals surface area contributed by atoms with Crippen molar-refractivity contribution in [3.8, 4) is 23.0 Å². The standard InChI is InChI=1S/C21H22N6O4/c1-30-17-4-3-14(21(26-17)31-2)20(29)25-16-12-23-9-10-27-18(28)11-15(24-19(16)27)13-5-7-22-8-6-13/h3-8,11,16,23H,9-10,12H2,1-2H3,(H,25,29). The van der Waals surface area contributed by atoms with E-state index in [0.717, 1.165) is 5.56 Å². The van der Waals surface area contributed by atoms with E-state index in [4.69, 9.17) is 14.5 Å². The summed E-state index contributed by atoms with van der Waals surface area (Å²) in [5, 5.41) is 6.20. The summed E-state index contributed by atoms with van der Waals surface area (Å²) in [5.74, 6) is 0.577. The van der Waals surface area contributed by atoms with Crippen LogP contribution in [-0.2, 0) is 6.54 Å². The van der Waals surface area contributed by atoms with Gasteiger partial charge < -0.3 is 20.1 Å². The Bertz CT molecular complexity index is 1150. The zero-order chi connectivity index (χ0) is 21.8. The van der Waals surface area contributed by atoms with Crippen molar-refractivity contribution in [3.63, 3.8) is 0 Å². The summed E-state index contributed by atoms with van der Waals surface area (Å²) in [6.45, 7) is 1.46. The summed E-state index contributed by atoms with van der Waals surface area (Å²) in [6, 6.07) is 7.71. The summed E-state index contributed by atoms with van der Waals surface area (Å²) in [7, 11) is 2.92. The quantitative estimate of drug-likeness (QED) is 0.619. The van der Waals surface area contributed by atoms with Crippen molar-refractivity contribution >= 4 is 5.91 Å². The molecule has 0 saturated carbocycles. The molecule has 0 aromatic carbocycles. The Morgan fingerprint density at radius 2 is 1.97 bits per heavy atom. The van der Waals surface area contributed by atoms with Gasteiger partial charge in [-0.3, -0.25) is 19.1 Å². The number of fused-ring (bicyclic) bond motifs is 1. The summed E-state index contributed by atoms with van der Waals surface area (Å²) in [6.07, 6.45) is 3.29. The lowest BCUT2D eigenvalue weighted by atomic mass is 10.1. The molecule has 4 rings (SSSR count). The van der Waals surface area contributed by atoms with Gasteiger partial charge >= 0.3 is 0 Å². The van der Waals surface area contributed by atoms with E-state index in [-0.39, 0.29) is 17.0 Å². The van der Waals surface area contributed by atoms with Crippen molar-refractivity contribution < 1.29 is 14.3 Å². The van der Waals surface area contributed by atoms with Crippen molar-refractivity contribution in [2.45, 2.75) is 12.6 Å². The van der Waals surface area contributed by atoms with Crippen molar-refractivity contribution in [2.75, 3.05) is 27.3 Å². The molecule has 0 saturated heterocycles. The van der Waals surface area contributed by atoms with E-state index in [1.54, 1.807) is 41.2 Å². The monoisotopic (exact) mass is 422 g/mol. The van der Waals surface area contributed by atoms with Crippen LogP contribution in [0.4, 0.5) is 0 Å². The fourth-order valence-electron chi connectivity index (χ4n) is 3.43. The minimum absolute atomic E-state index is 0.148. The minimum atomic E-state index is -0.531. The van der Waals surface area contributed by atoms with E-state index in [1.165, 1.54) is 20.3 Å². The Hall–Kier alpha value is -3.79. The van der Waals surface area contributed by atoms with E-state index in [0.29, 0.717) is 37.0 Å². The van der Waals surface area contributed by atoms with Gasteiger partial charge in [0.25, 0.3) is 11.5 Å². The molecule has 0 radical (unpaired) electrons. The Labute approximate surface area is 178 Å². The highest BCUT2D eigenvalue weighted by atomic mass is 16.5. The maximum absolute atomic E-state index is 13.0. The molecule has 1 unspecified atom stereocenters. The van der Waals surface area contributed by atoms with Gasteiger partial charge in [-0.05, 0) is 18.2 Å². The third-order valence-corrected chi connectivity index (χ3v) is 4.97. The van der Waals surface area contributed by atoms with Crippen LogP contribution in [0.2, 0.25) is 0 Å². The second kappa shape index (κ2) is 8.92. The zero-order valence-electron chi connectivity index (χ0n) is 17.2. The summed E-state index contributed by atoms with van der Waals surface area (Å²) in [4.78, 5) is 38.7. The van der Waals surface area contributed by atoms with Crippen molar-refractivity contribution in [1.29, 1.82) is 0 Å². The van der Waals surface area contributed by atoms with Gasteiger partial charge in [0.2, 0.25) is 11.8 Å². The molecule has 0 aliphatic carbocycles. The molecular formula is C21H22N6O4. The van der Waals surface area contributed by atoms with Gasteiger partial charge in [-0.1, -0.05) is 0 Å². The second-order valence-corrected chi connectivity index (χ2v) is 6.87. The molecular weight excluding hydrogens is 400 g/mol. The number of rotatable bonds is 5. The fourth-order valence-corrected chi connectivity index (χ4v) is 3.43. The molecule has 1 aliphatic rings. The van der Waals surface area contributed by atoms with Gasteiger partial charge in [-0.2, -0.15) is 4.98 Å². The lowest BCUT2D eigenvalue weighted by molar-refractivity contribution is 0.0930. The molecule has 1 atom stereocenters. The number of hydrogen-bond acceptors (Lipinski definition) is 8. The highest BCUT2D eigenvalue weighted by molar-refractivity contribution is 5.96.